The molecule has 3 aliphatic heterocycles. The molecule has 3 heterocycles. The van der Waals surface area contributed by atoms with Gasteiger partial charge in [0.15, 0.2) is 0 Å². The Balaban J connectivity index is 1.46. The van der Waals surface area contributed by atoms with E-state index >= 15 is 0 Å². The van der Waals surface area contributed by atoms with Crippen molar-refractivity contribution in [3.05, 3.63) is 89.7 Å². The number of imide groups is 1. The van der Waals surface area contributed by atoms with Gasteiger partial charge in [0, 0.05) is 22.9 Å². The van der Waals surface area contributed by atoms with E-state index in [2.05, 4.69) is 5.32 Å². The van der Waals surface area contributed by atoms with E-state index in [-0.39, 0.29) is 24.4 Å². The quantitative estimate of drug-likeness (QED) is 0.451. The molecule has 0 bridgehead atoms. The number of fused-ring (bicyclic) bond motifs is 4. The summed E-state index contributed by atoms with van der Waals surface area (Å²) in [5.74, 6) is -1.75. The fraction of sp³-hybridized carbons (Fsp3) is 0.300. The van der Waals surface area contributed by atoms with Gasteiger partial charge >= 0.3 is 0 Å². The minimum Gasteiger partial charge on any atom is -0.497 e. The van der Waals surface area contributed by atoms with Crippen LogP contribution in [-0.2, 0) is 26.5 Å². The van der Waals surface area contributed by atoms with Gasteiger partial charge in [-0.05, 0) is 54.8 Å². The molecule has 7 nitrogen and oxygen atoms in total. The molecule has 1 spiro atoms. The fourth-order valence-electron chi connectivity index (χ4n) is 6.38. The number of nitrogens with one attached hydrogen (secondary N) is 1. The first-order chi connectivity index (χ1) is 18.9. The van der Waals surface area contributed by atoms with E-state index in [1.807, 2.05) is 30.5 Å². The Labute approximate surface area is 230 Å². The lowest BCUT2D eigenvalue weighted by Gasteiger charge is -2.30. The van der Waals surface area contributed by atoms with E-state index in [4.69, 9.17) is 4.74 Å². The van der Waals surface area contributed by atoms with Crippen molar-refractivity contribution in [3.8, 4) is 5.75 Å². The molecule has 2 saturated heterocycles. The van der Waals surface area contributed by atoms with Gasteiger partial charge in [0.25, 0.3) is 5.91 Å². The molecule has 0 unspecified atom stereocenters. The molecule has 3 aliphatic rings. The van der Waals surface area contributed by atoms with Crippen LogP contribution in [0.15, 0.2) is 72.8 Å². The Bertz CT molecular complexity index is 1460. The molecule has 2 fully saturated rings. The van der Waals surface area contributed by atoms with Crippen molar-refractivity contribution in [2.24, 2.45) is 11.8 Å². The molecule has 0 aliphatic carbocycles. The highest BCUT2D eigenvalue weighted by Crippen LogP contribution is 2.55. The summed E-state index contributed by atoms with van der Waals surface area (Å²) in [5, 5.41) is 3.50. The van der Waals surface area contributed by atoms with E-state index in [1.165, 1.54) is 11.0 Å². The first-order valence-electron chi connectivity index (χ1n) is 12.9. The van der Waals surface area contributed by atoms with E-state index in [1.54, 1.807) is 66.2 Å². The van der Waals surface area contributed by atoms with Gasteiger partial charge in [-0.1, -0.05) is 36.4 Å². The number of amides is 3. The largest absolute Gasteiger partial charge is 0.497 e. The van der Waals surface area contributed by atoms with Gasteiger partial charge < -0.3 is 9.64 Å². The molecule has 0 aromatic heterocycles. The van der Waals surface area contributed by atoms with Crippen LogP contribution in [0.3, 0.4) is 0 Å². The third-order valence-electron chi connectivity index (χ3n) is 8.12. The molecule has 200 valence electrons. The summed E-state index contributed by atoms with van der Waals surface area (Å²) >= 11 is 1.65. The molecule has 9 heteroatoms. The van der Waals surface area contributed by atoms with E-state index in [0.29, 0.717) is 34.7 Å². The highest BCUT2D eigenvalue weighted by atomic mass is 32.2. The number of para-hydroxylation sites is 1. The second kappa shape index (κ2) is 9.81. The SMILES string of the molecule is COc1ccc(N2C(=O)[C@@H]3[C@H](CCSC)N[C@@]4(C(=O)N(Cc5ccccc5F)c5ccccc54)[C@H]3C2=O)cc1. The summed E-state index contributed by atoms with van der Waals surface area (Å²) in [6.07, 6.45) is 2.60. The van der Waals surface area contributed by atoms with Crippen LogP contribution in [0, 0.1) is 17.7 Å². The van der Waals surface area contributed by atoms with Crippen molar-refractivity contribution in [3.63, 3.8) is 0 Å². The van der Waals surface area contributed by atoms with Gasteiger partial charge in [-0.3, -0.25) is 19.7 Å². The van der Waals surface area contributed by atoms with Crippen LogP contribution in [0.2, 0.25) is 0 Å². The van der Waals surface area contributed by atoms with E-state index in [9.17, 15) is 18.8 Å². The van der Waals surface area contributed by atoms with Gasteiger partial charge in [0.2, 0.25) is 11.8 Å². The van der Waals surface area contributed by atoms with Gasteiger partial charge in [-0.2, -0.15) is 11.8 Å². The zero-order chi connectivity index (χ0) is 27.3. The molecule has 0 saturated carbocycles. The molecular formula is C30H28FN3O4S. The minimum atomic E-state index is -1.43. The third kappa shape index (κ3) is 3.78. The van der Waals surface area contributed by atoms with Crippen molar-refractivity contribution in [2.75, 3.05) is 28.9 Å². The number of carbonyl (C=O) groups excluding carboxylic acids is 3. The summed E-state index contributed by atoms with van der Waals surface area (Å²) in [5.41, 5.74) is 0.654. The maximum atomic E-state index is 14.7. The average Bonchev–Trinajstić information content (AvgIpc) is 3.52. The topological polar surface area (TPSA) is 79.0 Å². The van der Waals surface area contributed by atoms with E-state index < -0.39 is 29.1 Å². The van der Waals surface area contributed by atoms with Crippen LogP contribution < -0.4 is 19.9 Å². The molecule has 1 N–H and O–H groups in total. The number of carbonyl (C=O) groups is 3. The summed E-state index contributed by atoms with van der Waals surface area (Å²) < 4.78 is 19.9. The van der Waals surface area contributed by atoms with Crippen LogP contribution in [-0.4, -0.2) is 42.9 Å². The number of hydrogen-bond acceptors (Lipinski definition) is 6. The Hall–Kier alpha value is -3.69. The number of methoxy groups -OCH3 is 1. The van der Waals surface area contributed by atoms with Gasteiger partial charge in [0.05, 0.1) is 31.2 Å². The number of benzene rings is 3. The molecule has 3 aromatic rings. The molecule has 39 heavy (non-hydrogen) atoms. The van der Waals surface area contributed by atoms with Crippen molar-refractivity contribution in [1.82, 2.24) is 5.32 Å². The number of nitrogens with zero attached hydrogens (tertiary/aromatic N) is 2. The molecule has 6 rings (SSSR count). The predicted octanol–water partition coefficient (Wildman–Crippen LogP) is 4.11. The first kappa shape index (κ1) is 25.6. The van der Waals surface area contributed by atoms with Crippen molar-refractivity contribution < 1.29 is 23.5 Å². The monoisotopic (exact) mass is 545 g/mol. The second-order valence-electron chi connectivity index (χ2n) is 10.1. The molecular weight excluding hydrogens is 517 g/mol. The van der Waals surface area contributed by atoms with Gasteiger partial charge in [0.1, 0.15) is 17.1 Å². The average molecular weight is 546 g/mol. The van der Waals surface area contributed by atoms with Gasteiger partial charge in [-0.15, -0.1) is 0 Å². The van der Waals surface area contributed by atoms with Crippen molar-refractivity contribution >= 4 is 40.9 Å². The Morgan fingerprint density at radius 3 is 2.41 bits per heavy atom. The summed E-state index contributed by atoms with van der Waals surface area (Å²) in [6, 6.07) is 20.0. The normalized spacial score (nSPS) is 25.5. The standard InChI is InChI=1S/C30H28FN3O4S/c1-38-20-13-11-19(12-14-20)34-27(35)25-23(15-16-39-2)32-30(26(25)28(34)36)21-8-4-6-10-24(21)33(29(30)37)17-18-7-3-5-9-22(18)31/h3-14,23,25-26,32H,15-17H2,1-2H3/t23-,25+,26+,30+/m0/s1. The van der Waals surface area contributed by atoms with Crippen molar-refractivity contribution in [1.29, 1.82) is 0 Å². The Kier molecular flexibility index (Phi) is 6.43. The zero-order valence-electron chi connectivity index (χ0n) is 21.6. The minimum absolute atomic E-state index is 0.0170. The lowest BCUT2D eigenvalue weighted by Crippen LogP contribution is -2.55. The number of rotatable bonds is 7. The first-order valence-corrected chi connectivity index (χ1v) is 14.2. The van der Waals surface area contributed by atoms with Gasteiger partial charge in [-0.25, -0.2) is 9.29 Å². The van der Waals surface area contributed by atoms with Crippen LogP contribution in [0.25, 0.3) is 0 Å². The lowest BCUT2D eigenvalue weighted by atomic mass is 9.76. The fourth-order valence-corrected chi connectivity index (χ4v) is 6.87. The van der Waals surface area contributed by atoms with Crippen molar-refractivity contribution in [2.45, 2.75) is 24.5 Å². The lowest BCUT2D eigenvalue weighted by molar-refractivity contribution is -0.132. The van der Waals surface area contributed by atoms with E-state index in [0.717, 1.165) is 5.75 Å². The Morgan fingerprint density at radius 1 is 0.974 bits per heavy atom. The van der Waals surface area contributed by atoms with Crippen LogP contribution in [0.5, 0.6) is 5.75 Å². The number of hydrogen-bond donors (Lipinski definition) is 1. The highest BCUT2D eigenvalue weighted by molar-refractivity contribution is 7.98. The number of anilines is 2. The van der Waals surface area contributed by atoms with Crippen LogP contribution >= 0.6 is 11.8 Å². The highest BCUT2D eigenvalue weighted by Gasteiger charge is 2.71. The predicted molar refractivity (Wildman–Crippen MR) is 148 cm³/mol. The summed E-state index contributed by atoms with van der Waals surface area (Å²) in [6.45, 7) is 0.0170. The third-order valence-corrected chi connectivity index (χ3v) is 8.76. The molecule has 3 aromatic carbocycles. The number of thioether (sulfide) groups is 1. The van der Waals surface area contributed by atoms with Crippen LogP contribution in [0.1, 0.15) is 17.5 Å². The number of ether oxygens (including phenoxy) is 1. The van der Waals surface area contributed by atoms with Crippen LogP contribution in [0.4, 0.5) is 15.8 Å². The Morgan fingerprint density at radius 2 is 1.69 bits per heavy atom. The second-order valence-corrected chi connectivity index (χ2v) is 11.0. The maximum Gasteiger partial charge on any atom is 0.253 e. The molecule has 0 radical (unpaired) electrons. The summed E-state index contributed by atoms with van der Waals surface area (Å²) in [4.78, 5) is 45.4. The molecule has 3 amide bonds. The molecule has 4 atom stereocenters. The smallest absolute Gasteiger partial charge is 0.253 e. The zero-order valence-corrected chi connectivity index (χ0v) is 22.4. The maximum absolute atomic E-state index is 14.7. The number of halogens is 1. The summed E-state index contributed by atoms with van der Waals surface area (Å²) in [7, 11) is 1.55.